The van der Waals surface area contributed by atoms with Crippen LogP contribution in [0.2, 0.25) is 0 Å². The second kappa shape index (κ2) is 5.83. The molecule has 2 N–H and O–H groups in total. The third-order valence-electron chi connectivity index (χ3n) is 3.06. The molecule has 1 amide bonds. The van der Waals surface area contributed by atoms with Gasteiger partial charge < -0.3 is 10.6 Å². The van der Waals surface area contributed by atoms with Crippen molar-refractivity contribution >= 4 is 11.6 Å². The highest BCUT2D eigenvalue weighted by Crippen LogP contribution is 2.19. The van der Waals surface area contributed by atoms with Crippen LogP contribution < -0.4 is 10.6 Å². The highest BCUT2D eigenvalue weighted by molar-refractivity contribution is 5.96. The molecule has 1 atom stereocenters. The van der Waals surface area contributed by atoms with Crippen molar-refractivity contribution in [2.24, 2.45) is 7.05 Å². The Morgan fingerprint density at radius 3 is 2.75 bits per heavy atom. The Hall–Kier alpha value is -2.21. The van der Waals surface area contributed by atoms with Crippen molar-refractivity contribution in [1.29, 1.82) is 0 Å². The number of carbonyl (C=O) groups excluding carboxylic acids is 1. The first-order valence-electron chi connectivity index (χ1n) is 6.24. The number of amides is 1. The zero-order valence-electron chi connectivity index (χ0n) is 11.6. The standard InChI is InChI=1S/C14H17FN4O/c1-9-6-11(15)4-5-12(9)18-14(20)13(16-2)10-7-17-19(3)8-10/h4-8,13,16H,1-3H3,(H,18,20). The van der Waals surface area contributed by atoms with Gasteiger partial charge in [-0.05, 0) is 37.7 Å². The van der Waals surface area contributed by atoms with E-state index >= 15 is 0 Å². The maximum Gasteiger partial charge on any atom is 0.246 e. The summed E-state index contributed by atoms with van der Waals surface area (Å²) in [4.78, 5) is 12.3. The number of nitrogens with one attached hydrogen (secondary N) is 2. The number of benzene rings is 1. The lowest BCUT2D eigenvalue weighted by atomic mass is 10.1. The monoisotopic (exact) mass is 276 g/mol. The molecule has 0 radical (unpaired) electrons. The Kier molecular flexibility index (Phi) is 4.14. The van der Waals surface area contributed by atoms with E-state index in [1.54, 1.807) is 44.2 Å². The van der Waals surface area contributed by atoms with Gasteiger partial charge in [-0.1, -0.05) is 0 Å². The van der Waals surface area contributed by atoms with Crippen LogP contribution in [0.5, 0.6) is 0 Å². The Morgan fingerprint density at radius 2 is 2.20 bits per heavy atom. The van der Waals surface area contributed by atoms with Crippen LogP contribution in [0.3, 0.4) is 0 Å². The molecule has 1 heterocycles. The number of halogens is 1. The largest absolute Gasteiger partial charge is 0.324 e. The number of nitrogens with zero attached hydrogens (tertiary/aromatic N) is 2. The van der Waals surface area contributed by atoms with E-state index in [-0.39, 0.29) is 11.7 Å². The minimum absolute atomic E-state index is 0.213. The average Bonchev–Trinajstić information content (AvgIpc) is 2.80. The van der Waals surface area contributed by atoms with Gasteiger partial charge in [-0.15, -0.1) is 0 Å². The summed E-state index contributed by atoms with van der Waals surface area (Å²) in [6.07, 6.45) is 3.41. The van der Waals surface area contributed by atoms with Crippen LogP contribution in [0.1, 0.15) is 17.2 Å². The summed E-state index contributed by atoms with van der Waals surface area (Å²) in [5.74, 6) is -0.534. The number of rotatable bonds is 4. The highest BCUT2D eigenvalue weighted by Gasteiger charge is 2.20. The van der Waals surface area contributed by atoms with Crippen LogP contribution in [-0.2, 0) is 11.8 Å². The minimum Gasteiger partial charge on any atom is -0.324 e. The van der Waals surface area contributed by atoms with Crippen molar-refractivity contribution in [2.45, 2.75) is 13.0 Å². The molecular weight excluding hydrogens is 259 g/mol. The van der Waals surface area contributed by atoms with Gasteiger partial charge in [-0.25, -0.2) is 4.39 Å². The lowest BCUT2D eigenvalue weighted by Gasteiger charge is -2.15. The number of anilines is 1. The van der Waals surface area contributed by atoms with Crippen molar-refractivity contribution in [3.05, 3.63) is 47.5 Å². The number of carbonyl (C=O) groups is 1. The molecule has 6 heteroatoms. The molecule has 20 heavy (non-hydrogen) atoms. The normalized spacial score (nSPS) is 12.2. The molecule has 0 saturated carbocycles. The Morgan fingerprint density at radius 1 is 1.45 bits per heavy atom. The molecule has 1 aromatic carbocycles. The van der Waals surface area contributed by atoms with Crippen molar-refractivity contribution < 1.29 is 9.18 Å². The van der Waals surface area contributed by atoms with Gasteiger partial charge in [-0.3, -0.25) is 9.48 Å². The first-order chi connectivity index (χ1) is 9.51. The molecule has 5 nitrogen and oxygen atoms in total. The van der Waals surface area contributed by atoms with E-state index in [4.69, 9.17) is 0 Å². The fraction of sp³-hybridized carbons (Fsp3) is 0.286. The number of hydrogen-bond acceptors (Lipinski definition) is 3. The molecule has 0 saturated heterocycles. The predicted octanol–water partition coefficient (Wildman–Crippen LogP) is 1.77. The molecule has 0 aliphatic rings. The topological polar surface area (TPSA) is 59.0 Å². The zero-order valence-corrected chi connectivity index (χ0v) is 11.6. The van der Waals surface area contributed by atoms with Crippen molar-refractivity contribution in [3.63, 3.8) is 0 Å². The van der Waals surface area contributed by atoms with Gasteiger partial charge in [0.25, 0.3) is 0 Å². The van der Waals surface area contributed by atoms with Crippen molar-refractivity contribution in [2.75, 3.05) is 12.4 Å². The van der Waals surface area contributed by atoms with Gasteiger partial charge in [0.1, 0.15) is 11.9 Å². The van der Waals surface area contributed by atoms with Crippen LogP contribution in [0.25, 0.3) is 0 Å². The Balaban J connectivity index is 2.17. The van der Waals surface area contributed by atoms with Crippen molar-refractivity contribution in [3.8, 4) is 0 Å². The molecule has 0 aliphatic heterocycles. The maximum atomic E-state index is 13.0. The van der Waals surface area contributed by atoms with Crippen LogP contribution in [0.4, 0.5) is 10.1 Å². The summed E-state index contributed by atoms with van der Waals surface area (Å²) in [5, 5.41) is 9.79. The third kappa shape index (κ3) is 3.03. The molecule has 1 aromatic heterocycles. The first kappa shape index (κ1) is 14.2. The summed E-state index contributed by atoms with van der Waals surface area (Å²) in [6.45, 7) is 1.75. The van der Waals surface area contributed by atoms with E-state index in [0.717, 1.165) is 5.56 Å². The minimum atomic E-state index is -0.506. The fourth-order valence-corrected chi connectivity index (χ4v) is 2.01. The van der Waals surface area contributed by atoms with Crippen molar-refractivity contribution in [1.82, 2.24) is 15.1 Å². The van der Waals surface area contributed by atoms with E-state index in [1.807, 2.05) is 0 Å². The van der Waals surface area contributed by atoms with Crippen LogP contribution in [0.15, 0.2) is 30.6 Å². The molecule has 0 fully saturated rings. The Bertz CT molecular complexity index is 623. The average molecular weight is 276 g/mol. The van der Waals surface area contributed by atoms with Crippen LogP contribution >= 0.6 is 0 Å². The predicted molar refractivity (Wildman–Crippen MR) is 74.8 cm³/mol. The SMILES string of the molecule is CNC(C(=O)Nc1ccc(F)cc1C)c1cnn(C)c1. The second-order valence-electron chi connectivity index (χ2n) is 4.62. The molecule has 0 spiro atoms. The summed E-state index contributed by atoms with van der Waals surface area (Å²) in [5.41, 5.74) is 2.05. The maximum absolute atomic E-state index is 13.0. The lowest BCUT2D eigenvalue weighted by Crippen LogP contribution is -2.30. The molecule has 2 aromatic rings. The zero-order chi connectivity index (χ0) is 14.7. The highest BCUT2D eigenvalue weighted by atomic mass is 19.1. The summed E-state index contributed by atoms with van der Waals surface area (Å²) in [6, 6.07) is 3.75. The van der Waals surface area contributed by atoms with Gasteiger partial charge in [0, 0.05) is 24.5 Å². The summed E-state index contributed by atoms with van der Waals surface area (Å²) >= 11 is 0. The number of aromatic nitrogens is 2. The summed E-state index contributed by atoms with van der Waals surface area (Å²) in [7, 11) is 3.49. The van der Waals surface area contributed by atoms with Crippen LogP contribution in [0, 0.1) is 12.7 Å². The molecule has 0 bridgehead atoms. The van der Waals surface area contributed by atoms with Gasteiger partial charge in [0.05, 0.1) is 6.20 Å². The van der Waals surface area contributed by atoms with E-state index in [1.165, 1.54) is 12.1 Å². The van der Waals surface area contributed by atoms with Gasteiger partial charge in [0.2, 0.25) is 5.91 Å². The van der Waals surface area contributed by atoms with Gasteiger partial charge in [0.15, 0.2) is 0 Å². The third-order valence-corrected chi connectivity index (χ3v) is 3.06. The van der Waals surface area contributed by atoms with E-state index in [9.17, 15) is 9.18 Å². The molecule has 106 valence electrons. The second-order valence-corrected chi connectivity index (χ2v) is 4.62. The number of hydrogen-bond donors (Lipinski definition) is 2. The van der Waals surface area contributed by atoms with E-state index < -0.39 is 6.04 Å². The van der Waals surface area contributed by atoms with Gasteiger partial charge in [-0.2, -0.15) is 5.10 Å². The summed E-state index contributed by atoms with van der Waals surface area (Å²) < 4.78 is 14.7. The molecular formula is C14H17FN4O. The van der Waals surface area contributed by atoms with Gasteiger partial charge >= 0.3 is 0 Å². The molecule has 2 rings (SSSR count). The van der Waals surface area contributed by atoms with Crippen LogP contribution in [-0.4, -0.2) is 22.7 Å². The smallest absolute Gasteiger partial charge is 0.246 e. The number of likely N-dealkylation sites (N-methyl/N-ethyl adjacent to an activating group) is 1. The fourth-order valence-electron chi connectivity index (χ4n) is 2.01. The van der Waals surface area contributed by atoms with E-state index in [2.05, 4.69) is 15.7 Å². The quantitative estimate of drug-likeness (QED) is 0.894. The molecule has 0 aliphatic carbocycles. The number of aryl methyl sites for hydroxylation is 2. The Labute approximate surface area is 116 Å². The molecule has 1 unspecified atom stereocenters. The lowest BCUT2D eigenvalue weighted by molar-refractivity contribution is -0.118. The van der Waals surface area contributed by atoms with E-state index in [0.29, 0.717) is 11.3 Å². The first-order valence-corrected chi connectivity index (χ1v) is 6.24.